The first-order valence-corrected chi connectivity index (χ1v) is 9.95. The molecule has 0 fully saturated rings. The molecule has 0 saturated heterocycles. The van der Waals surface area contributed by atoms with Crippen LogP contribution in [0.2, 0.25) is 5.15 Å². The van der Waals surface area contributed by atoms with Crippen molar-refractivity contribution < 1.29 is 4.79 Å². The normalized spacial score (nSPS) is 11.4. The molecule has 29 heavy (non-hydrogen) atoms. The van der Waals surface area contributed by atoms with Gasteiger partial charge in [0.25, 0.3) is 5.91 Å². The lowest BCUT2D eigenvalue weighted by atomic mass is 10.3. The Hall–Kier alpha value is -3.23. The summed E-state index contributed by atoms with van der Waals surface area (Å²) < 4.78 is 3.87. The van der Waals surface area contributed by atoms with Crippen molar-refractivity contribution >= 4 is 45.3 Å². The standard InChI is InChI=1S/C20H16ClN5O2S/c1-13-15(19(21)26(24-13)14-7-3-2-4-8-14)11-22-23-18(27)12-25-16-9-5-6-10-17(16)29-20(25)28/h2-11H,12H2,1H3,(H,23,27)/b22-11+. The van der Waals surface area contributed by atoms with Crippen molar-refractivity contribution in [1.29, 1.82) is 0 Å². The van der Waals surface area contributed by atoms with Gasteiger partial charge in [0.15, 0.2) is 0 Å². The van der Waals surface area contributed by atoms with Gasteiger partial charge in [0, 0.05) is 0 Å². The van der Waals surface area contributed by atoms with Crippen LogP contribution in [-0.4, -0.2) is 26.5 Å². The number of thiazole rings is 1. The molecule has 0 bridgehead atoms. The van der Waals surface area contributed by atoms with Crippen molar-refractivity contribution in [3.63, 3.8) is 0 Å². The largest absolute Gasteiger partial charge is 0.308 e. The van der Waals surface area contributed by atoms with Crippen LogP contribution in [0, 0.1) is 6.92 Å². The summed E-state index contributed by atoms with van der Waals surface area (Å²) in [4.78, 5) is 24.2. The SMILES string of the molecule is Cc1nn(-c2ccccc2)c(Cl)c1/C=N/NC(=O)Cn1c(=O)sc2ccccc21. The summed E-state index contributed by atoms with van der Waals surface area (Å²) in [7, 11) is 0. The molecular formula is C20H16ClN5O2S. The number of halogens is 1. The fourth-order valence-corrected chi connectivity index (χ4v) is 4.12. The number of nitrogens with zero attached hydrogens (tertiary/aromatic N) is 4. The minimum Gasteiger partial charge on any atom is -0.289 e. The van der Waals surface area contributed by atoms with Gasteiger partial charge in [0.2, 0.25) is 0 Å². The van der Waals surface area contributed by atoms with Crippen LogP contribution in [0.15, 0.2) is 64.5 Å². The van der Waals surface area contributed by atoms with E-state index in [9.17, 15) is 9.59 Å². The van der Waals surface area contributed by atoms with E-state index in [0.717, 1.165) is 27.2 Å². The molecule has 4 aromatic rings. The fraction of sp³-hybridized carbons (Fsp3) is 0.100. The number of amides is 1. The Morgan fingerprint density at radius 1 is 1.21 bits per heavy atom. The summed E-state index contributed by atoms with van der Waals surface area (Å²) in [5, 5.41) is 8.80. The van der Waals surface area contributed by atoms with Crippen molar-refractivity contribution in [3.05, 3.63) is 80.7 Å². The van der Waals surface area contributed by atoms with Crippen LogP contribution in [0.25, 0.3) is 15.9 Å². The Balaban J connectivity index is 1.49. The second kappa shape index (κ2) is 8.02. The Morgan fingerprint density at radius 2 is 1.93 bits per heavy atom. The number of nitrogens with one attached hydrogen (secondary N) is 1. The van der Waals surface area contributed by atoms with E-state index < -0.39 is 5.91 Å². The van der Waals surface area contributed by atoms with E-state index in [0.29, 0.717) is 16.4 Å². The molecule has 0 saturated carbocycles. The van der Waals surface area contributed by atoms with Crippen LogP contribution < -0.4 is 10.3 Å². The number of para-hydroxylation sites is 2. The van der Waals surface area contributed by atoms with E-state index in [4.69, 9.17) is 11.6 Å². The van der Waals surface area contributed by atoms with Gasteiger partial charge in [-0.25, -0.2) is 10.1 Å². The minimum atomic E-state index is -0.406. The van der Waals surface area contributed by atoms with Gasteiger partial charge in [-0.3, -0.25) is 14.2 Å². The van der Waals surface area contributed by atoms with Gasteiger partial charge < -0.3 is 0 Å². The number of carbonyl (C=O) groups excluding carboxylic acids is 1. The molecule has 0 unspecified atom stereocenters. The van der Waals surface area contributed by atoms with E-state index in [1.807, 2.05) is 61.5 Å². The second-order valence-electron chi connectivity index (χ2n) is 6.25. The molecule has 0 aliphatic carbocycles. The maximum atomic E-state index is 12.3. The van der Waals surface area contributed by atoms with Gasteiger partial charge in [-0.1, -0.05) is 53.3 Å². The van der Waals surface area contributed by atoms with Crippen molar-refractivity contribution in [2.45, 2.75) is 13.5 Å². The number of aromatic nitrogens is 3. The summed E-state index contributed by atoms with van der Waals surface area (Å²) in [6.45, 7) is 1.70. The van der Waals surface area contributed by atoms with Crippen LogP contribution in [0.3, 0.4) is 0 Å². The lowest BCUT2D eigenvalue weighted by Crippen LogP contribution is -2.27. The number of hydrogen-bond acceptors (Lipinski definition) is 5. The Bertz CT molecular complexity index is 1270. The van der Waals surface area contributed by atoms with Gasteiger partial charge in [0.05, 0.1) is 33.4 Å². The summed E-state index contributed by atoms with van der Waals surface area (Å²) in [6.07, 6.45) is 1.45. The highest BCUT2D eigenvalue weighted by molar-refractivity contribution is 7.16. The van der Waals surface area contributed by atoms with Crippen LogP contribution >= 0.6 is 22.9 Å². The zero-order chi connectivity index (χ0) is 20.4. The van der Waals surface area contributed by atoms with Crippen LogP contribution in [0.5, 0.6) is 0 Å². The maximum Gasteiger partial charge on any atom is 0.308 e. The van der Waals surface area contributed by atoms with E-state index in [-0.39, 0.29) is 11.4 Å². The molecule has 0 aliphatic heterocycles. The number of carbonyl (C=O) groups is 1. The lowest BCUT2D eigenvalue weighted by molar-refractivity contribution is -0.121. The predicted octanol–water partition coefficient (Wildman–Crippen LogP) is 3.36. The first-order chi connectivity index (χ1) is 14.0. The van der Waals surface area contributed by atoms with E-state index >= 15 is 0 Å². The molecular weight excluding hydrogens is 410 g/mol. The van der Waals surface area contributed by atoms with Crippen molar-refractivity contribution in [1.82, 2.24) is 19.8 Å². The minimum absolute atomic E-state index is 0.115. The van der Waals surface area contributed by atoms with Crippen LogP contribution in [0.4, 0.5) is 0 Å². The molecule has 2 aromatic carbocycles. The van der Waals surface area contributed by atoms with Gasteiger partial charge in [-0.15, -0.1) is 0 Å². The Morgan fingerprint density at radius 3 is 2.72 bits per heavy atom. The summed E-state index contributed by atoms with van der Waals surface area (Å²) in [5.74, 6) is -0.406. The number of hydrazone groups is 1. The topological polar surface area (TPSA) is 81.3 Å². The third kappa shape index (κ3) is 3.85. The average Bonchev–Trinajstić information content (AvgIpc) is 3.19. The quantitative estimate of drug-likeness (QED) is 0.393. The zero-order valence-corrected chi connectivity index (χ0v) is 16.9. The maximum absolute atomic E-state index is 12.3. The highest BCUT2D eigenvalue weighted by atomic mass is 35.5. The third-order valence-electron chi connectivity index (χ3n) is 4.31. The van der Waals surface area contributed by atoms with Crippen LogP contribution in [0.1, 0.15) is 11.3 Å². The van der Waals surface area contributed by atoms with Crippen molar-refractivity contribution in [3.8, 4) is 5.69 Å². The van der Waals surface area contributed by atoms with E-state index in [1.54, 1.807) is 4.68 Å². The van der Waals surface area contributed by atoms with Crippen molar-refractivity contribution in [2.24, 2.45) is 5.10 Å². The van der Waals surface area contributed by atoms with Gasteiger partial charge in [-0.2, -0.15) is 10.2 Å². The zero-order valence-electron chi connectivity index (χ0n) is 15.4. The highest BCUT2D eigenvalue weighted by Gasteiger charge is 2.14. The Kier molecular flexibility index (Phi) is 5.28. The molecule has 0 atom stereocenters. The molecule has 9 heteroatoms. The summed E-state index contributed by atoms with van der Waals surface area (Å²) in [5.41, 5.74) is 5.28. The molecule has 0 spiro atoms. The van der Waals surface area contributed by atoms with Crippen molar-refractivity contribution in [2.75, 3.05) is 0 Å². The van der Waals surface area contributed by atoms with E-state index in [2.05, 4.69) is 15.6 Å². The van der Waals surface area contributed by atoms with E-state index in [1.165, 1.54) is 10.8 Å². The molecule has 1 N–H and O–H groups in total. The third-order valence-corrected chi connectivity index (χ3v) is 5.63. The second-order valence-corrected chi connectivity index (χ2v) is 7.60. The number of fused-ring (bicyclic) bond motifs is 1. The molecule has 7 nitrogen and oxygen atoms in total. The highest BCUT2D eigenvalue weighted by Crippen LogP contribution is 2.22. The summed E-state index contributed by atoms with van der Waals surface area (Å²) >= 11 is 7.54. The van der Waals surface area contributed by atoms with Gasteiger partial charge >= 0.3 is 4.87 Å². The van der Waals surface area contributed by atoms with Gasteiger partial charge in [0.1, 0.15) is 11.7 Å². The lowest BCUT2D eigenvalue weighted by Gasteiger charge is -2.03. The molecule has 2 aromatic heterocycles. The molecule has 4 rings (SSSR count). The number of hydrogen-bond donors (Lipinski definition) is 1. The number of benzene rings is 2. The molecule has 146 valence electrons. The number of rotatable bonds is 5. The average molecular weight is 426 g/mol. The van der Waals surface area contributed by atoms with Gasteiger partial charge in [-0.05, 0) is 31.2 Å². The smallest absolute Gasteiger partial charge is 0.289 e. The predicted molar refractivity (Wildman–Crippen MR) is 115 cm³/mol. The Labute approximate surface area is 174 Å². The molecule has 1 amide bonds. The molecule has 0 radical (unpaired) electrons. The summed E-state index contributed by atoms with van der Waals surface area (Å²) in [6, 6.07) is 16.8. The molecule has 2 heterocycles. The molecule has 0 aliphatic rings. The first kappa shape index (κ1) is 19.1. The van der Waals surface area contributed by atoms with Crippen LogP contribution in [-0.2, 0) is 11.3 Å². The fourth-order valence-electron chi connectivity index (χ4n) is 2.91. The number of aryl methyl sites for hydroxylation is 1. The first-order valence-electron chi connectivity index (χ1n) is 8.75. The monoisotopic (exact) mass is 425 g/mol.